The lowest BCUT2D eigenvalue weighted by atomic mass is 10.1. The average molecular weight is 417 g/mol. The van der Waals surface area contributed by atoms with Gasteiger partial charge in [0.05, 0.1) is 18.7 Å². The van der Waals surface area contributed by atoms with E-state index in [2.05, 4.69) is 10.6 Å². The number of nitrogens with one attached hydrogen (secondary N) is 2. The van der Waals surface area contributed by atoms with E-state index in [1.54, 1.807) is 24.3 Å². The molecule has 0 aliphatic heterocycles. The fourth-order valence-corrected chi connectivity index (χ4v) is 3.02. The number of benzene rings is 2. The van der Waals surface area contributed by atoms with Crippen LogP contribution in [0.15, 0.2) is 36.4 Å². The van der Waals surface area contributed by atoms with Crippen molar-refractivity contribution in [3.8, 4) is 11.5 Å². The second-order valence-corrected chi connectivity index (χ2v) is 7.37. The zero-order chi connectivity index (χ0) is 20.8. The van der Waals surface area contributed by atoms with Crippen molar-refractivity contribution in [2.24, 2.45) is 0 Å². The molecule has 29 heavy (non-hydrogen) atoms. The minimum absolute atomic E-state index is 0.0600. The maximum atomic E-state index is 12.5. The number of amides is 2. The van der Waals surface area contributed by atoms with Crippen molar-refractivity contribution in [2.75, 3.05) is 13.7 Å². The van der Waals surface area contributed by atoms with Crippen molar-refractivity contribution in [1.29, 1.82) is 0 Å². The second kappa shape index (κ2) is 9.65. The fourth-order valence-electron chi connectivity index (χ4n) is 2.75. The van der Waals surface area contributed by atoms with E-state index in [1.807, 2.05) is 19.1 Å². The van der Waals surface area contributed by atoms with Gasteiger partial charge < -0.3 is 20.1 Å². The highest BCUT2D eigenvalue weighted by Crippen LogP contribution is 2.36. The lowest BCUT2D eigenvalue weighted by molar-refractivity contribution is 0.0941. The molecule has 0 spiro atoms. The molecule has 1 saturated carbocycles. The summed E-state index contributed by atoms with van der Waals surface area (Å²) in [7, 11) is 1.51. The summed E-state index contributed by atoms with van der Waals surface area (Å²) in [6.07, 6.45) is 2.94. The van der Waals surface area contributed by atoms with Crippen LogP contribution in [0, 0.1) is 0 Å². The summed E-state index contributed by atoms with van der Waals surface area (Å²) in [6.45, 7) is 2.84. The average Bonchev–Trinajstić information content (AvgIpc) is 3.54. The van der Waals surface area contributed by atoms with Gasteiger partial charge in [-0.3, -0.25) is 9.59 Å². The van der Waals surface area contributed by atoms with Crippen molar-refractivity contribution >= 4 is 23.4 Å². The number of carbonyl (C=O) groups is 2. The minimum atomic E-state index is -0.275. The Morgan fingerprint density at radius 3 is 2.45 bits per heavy atom. The molecule has 0 aromatic heterocycles. The predicted molar refractivity (Wildman–Crippen MR) is 112 cm³/mol. The molecule has 1 aliphatic carbocycles. The third-order valence-corrected chi connectivity index (χ3v) is 4.80. The van der Waals surface area contributed by atoms with Gasteiger partial charge in [0.15, 0.2) is 11.5 Å². The highest BCUT2D eigenvalue weighted by atomic mass is 35.5. The highest BCUT2D eigenvalue weighted by molar-refractivity contribution is 6.32. The first-order valence-electron chi connectivity index (χ1n) is 9.70. The number of hydrogen-bond acceptors (Lipinski definition) is 4. The third kappa shape index (κ3) is 5.64. The molecular weight excluding hydrogens is 392 g/mol. The first-order chi connectivity index (χ1) is 14.0. The summed E-state index contributed by atoms with van der Waals surface area (Å²) in [4.78, 5) is 24.6. The van der Waals surface area contributed by atoms with Crippen LogP contribution >= 0.6 is 11.6 Å². The van der Waals surface area contributed by atoms with Gasteiger partial charge in [0.2, 0.25) is 0 Å². The van der Waals surface area contributed by atoms with Gasteiger partial charge in [0.25, 0.3) is 11.8 Å². The summed E-state index contributed by atoms with van der Waals surface area (Å²) in [5.74, 6) is 0.521. The van der Waals surface area contributed by atoms with Gasteiger partial charge >= 0.3 is 0 Å². The maximum absolute atomic E-state index is 12.5. The molecule has 3 rings (SSSR count). The van der Waals surface area contributed by atoms with Gasteiger partial charge in [0.1, 0.15) is 0 Å². The molecular formula is C22H25ClN2O4. The number of halogens is 1. The van der Waals surface area contributed by atoms with Crippen molar-refractivity contribution in [2.45, 2.75) is 38.8 Å². The SMILES string of the molecule is CCCOc1c(Cl)cc(C(=O)NCc2ccc(C(=O)NC3CC3)cc2)cc1OC. The molecule has 0 bridgehead atoms. The van der Waals surface area contributed by atoms with E-state index in [0.717, 1.165) is 24.8 Å². The van der Waals surface area contributed by atoms with Gasteiger partial charge in [-0.25, -0.2) is 0 Å². The first-order valence-corrected chi connectivity index (χ1v) is 10.1. The Morgan fingerprint density at radius 2 is 1.83 bits per heavy atom. The molecule has 2 aromatic rings. The lowest BCUT2D eigenvalue weighted by Crippen LogP contribution is -2.25. The van der Waals surface area contributed by atoms with Crippen molar-refractivity contribution in [3.63, 3.8) is 0 Å². The smallest absolute Gasteiger partial charge is 0.251 e. The third-order valence-electron chi connectivity index (χ3n) is 4.52. The lowest BCUT2D eigenvalue weighted by Gasteiger charge is -2.14. The van der Waals surface area contributed by atoms with Gasteiger partial charge in [-0.2, -0.15) is 0 Å². The Kier molecular flexibility index (Phi) is 6.99. The zero-order valence-electron chi connectivity index (χ0n) is 16.6. The summed E-state index contributed by atoms with van der Waals surface area (Å²) < 4.78 is 10.9. The Hall–Kier alpha value is -2.73. The van der Waals surface area contributed by atoms with Gasteiger partial charge in [-0.1, -0.05) is 30.7 Å². The van der Waals surface area contributed by atoms with E-state index < -0.39 is 0 Å². The normalized spacial score (nSPS) is 12.9. The quantitative estimate of drug-likeness (QED) is 0.648. The monoisotopic (exact) mass is 416 g/mol. The molecule has 0 heterocycles. The van der Waals surface area contributed by atoms with Gasteiger partial charge in [-0.05, 0) is 49.1 Å². The van der Waals surface area contributed by atoms with Crippen molar-refractivity contribution in [1.82, 2.24) is 10.6 Å². The topological polar surface area (TPSA) is 76.7 Å². The van der Waals surface area contributed by atoms with Crippen LogP contribution in [0.25, 0.3) is 0 Å². The number of rotatable bonds is 9. The maximum Gasteiger partial charge on any atom is 0.251 e. The summed E-state index contributed by atoms with van der Waals surface area (Å²) in [5, 5.41) is 6.13. The second-order valence-electron chi connectivity index (χ2n) is 6.97. The van der Waals surface area contributed by atoms with E-state index in [9.17, 15) is 9.59 Å². The van der Waals surface area contributed by atoms with Crippen LogP contribution in [0.4, 0.5) is 0 Å². The van der Waals surface area contributed by atoms with E-state index >= 15 is 0 Å². The molecule has 0 unspecified atom stereocenters. The van der Waals surface area contributed by atoms with Gasteiger partial charge in [-0.15, -0.1) is 0 Å². The molecule has 0 saturated heterocycles. The zero-order valence-corrected chi connectivity index (χ0v) is 17.3. The van der Waals surface area contributed by atoms with E-state index in [4.69, 9.17) is 21.1 Å². The molecule has 6 nitrogen and oxygen atoms in total. The Balaban J connectivity index is 1.61. The molecule has 0 atom stereocenters. The number of carbonyl (C=O) groups excluding carboxylic acids is 2. The highest BCUT2D eigenvalue weighted by Gasteiger charge is 2.23. The van der Waals surface area contributed by atoms with Crippen LogP contribution in [0.5, 0.6) is 11.5 Å². The largest absolute Gasteiger partial charge is 0.493 e. The standard InChI is InChI=1S/C22H25ClN2O4/c1-3-10-29-20-18(23)11-16(12-19(20)28-2)21(26)24-13-14-4-6-15(7-5-14)22(27)25-17-8-9-17/h4-7,11-12,17H,3,8-10,13H2,1-2H3,(H,24,26)(H,25,27). The number of methoxy groups -OCH3 is 1. The molecule has 2 N–H and O–H groups in total. The van der Waals surface area contributed by atoms with Crippen LogP contribution < -0.4 is 20.1 Å². The predicted octanol–water partition coefficient (Wildman–Crippen LogP) is 3.96. The van der Waals surface area contributed by atoms with Crippen LogP contribution in [0.1, 0.15) is 52.5 Å². The summed E-state index contributed by atoms with van der Waals surface area (Å²) in [5.41, 5.74) is 1.89. The fraction of sp³-hybridized carbons (Fsp3) is 0.364. The van der Waals surface area contributed by atoms with E-state index in [-0.39, 0.29) is 11.8 Å². The van der Waals surface area contributed by atoms with Crippen LogP contribution in [-0.4, -0.2) is 31.6 Å². The van der Waals surface area contributed by atoms with Gasteiger partial charge in [0, 0.05) is 23.7 Å². The molecule has 0 radical (unpaired) electrons. The van der Waals surface area contributed by atoms with Crippen LogP contribution in [0.3, 0.4) is 0 Å². The summed E-state index contributed by atoms with van der Waals surface area (Å²) in [6, 6.07) is 10.7. The number of hydrogen-bond donors (Lipinski definition) is 2. The molecule has 2 aromatic carbocycles. The summed E-state index contributed by atoms with van der Waals surface area (Å²) >= 11 is 6.27. The molecule has 2 amide bonds. The van der Waals surface area contributed by atoms with Crippen LogP contribution in [0.2, 0.25) is 5.02 Å². The van der Waals surface area contributed by atoms with Crippen molar-refractivity contribution < 1.29 is 19.1 Å². The van der Waals surface area contributed by atoms with E-state index in [1.165, 1.54) is 7.11 Å². The van der Waals surface area contributed by atoms with Crippen LogP contribution in [-0.2, 0) is 6.54 Å². The Bertz CT molecular complexity index is 879. The van der Waals surface area contributed by atoms with Crippen molar-refractivity contribution in [3.05, 3.63) is 58.1 Å². The Labute approximate surface area is 175 Å². The minimum Gasteiger partial charge on any atom is -0.493 e. The molecule has 1 fully saturated rings. The Morgan fingerprint density at radius 1 is 1.10 bits per heavy atom. The first kappa shape index (κ1) is 21.0. The molecule has 1 aliphatic rings. The van der Waals surface area contributed by atoms with E-state index in [0.29, 0.717) is 46.8 Å². The molecule has 154 valence electrons. The number of ether oxygens (including phenoxy) is 2. The molecule has 7 heteroatoms.